The summed E-state index contributed by atoms with van der Waals surface area (Å²) in [4.78, 5) is 0. The molecule has 1 aromatic carbocycles. The quantitative estimate of drug-likeness (QED) is 0.711. The summed E-state index contributed by atoms with van der Waals surface area (Å²) >= 11 is 0. The third-order valence-corrected chi connectivity index (χ3v) is 2.10. The Balaban J connectivity index is 2.54. The van der Waals surface area contributed by atoms with Gasteiger partial charge in [0, 0.05) is 12.1 Å². The lowest BCUT2D eigenvalue weighted by Crippen LogP contribution is -2.38. The molecule has 3 heteroatoms. The number of rotatable bonds is 3. The molecule has 0 unspecified atom stereocenters. The second-order valence-corrected chi connectivity index (χ2v) is 4.74. The van der Waals surface area contributed by atoms with Gasteiger partial charge in [-0.1, -0.05) is 12.1 Å². The Hall–Kier alpha value is -1.06. The summed E-state index contributed by atoms with van der Waals surface area (Å²) in [5.74, 6) is 0.217. The SMILES string of the molecule is CC(C)(C)NC[C@H](O)c1ccc(O)cc1. The number of nitrogens with one attached hydrogen (secondary N) is 1. The molecule has 0 heterocycles. The molecule has 0 aromatic heterocycles. The van der Waals surface area contributed by atoms with Crippen LogP contribution in [-0.4, -0.2) is 22.3 Å². The minimum Gasteiger partial charge on any atom is -0.508 e. The highest BCUT2D eigenvalue weighted by Crippen LogP contribution is 2.16. The monoisotopic (exact) mass is 209 g/mol. The van der Waals surface area contributed by atoms with Gasteiger partial charge in [0.2, 0.25) is 0 Å². The van der Waals surface area contributed by atoms with Crippen molar-refractivity contribution >= 4 is 0 Å². The van der Waals surface area contributed by atoms with Gasteiger partial charge in [0.05, 0.1) is 6.10 Å². The molecule has 1 atom stereocenters. The van der Waals surface area contributed by atoms with E-state index in [9.17, 15) is 5.11 Å². The van der Waals surface area contributed by atoms with E-state index in [1.54, 1.807) is 24.3 Å². The summed E-state index contributed by atoms with van der Waals surface area (Å²) in [6, 6.07) is 6.61. The van der Waals surface area contributed by atoms with Gasteiger partial charge >= 0.3 is 0 Å². The first kappa shape index (κ1) is 12.0. The van der Waals surface area contributed by atoms with Gasteiger partial charge in [-0.05, 0) is 38.5 Å². The van der Waals surface area contributed by atoms with Gasteiger partial charge in [-0.3, -0.25) is 0 Å². The van der Waals surface area contributed by atoms with Crippen LogP contribution in [-0.2, 0) is 0 Å². The first-order chi connectivity index (χ1) is 6.88. The first-order valence-electron chi connectivity index (χ1n) is 5.10. The number of hydrogen-bond acceptors (Lipinski definition) is 3. The second-order valence-electron chi connectivity index (χ2n) is 4.74. The van der Waals surface area contributed by atoms with Crippen molar-refractivity contribution in [3.8, 4) is 5.75 Å². The van der Waals surface area contributed by atoms with Gasteiger partial charge in [0.1, 0.15) is 5.75 Å². The summed E-state index contributed by atoms with van der Waals surface area (Å²) in [7, 11) is 0. The second kappa shape index (κ2) is 4.64. The highest BCUT2D eigenvalue weighted by atomic mass is 16.3. The standard InChI is InChI=1S/C12H19NO2/c1-12(2,3)13-8-11(15)9-4-6-10(14)7-5-9/h4-7,11,13-15H,8H2,1-3H3/t11-/m0/s1. The summed E-state index contributed by atoms with van der Waals surface area (Å²) in [5.41, 5.74) is 0.808. The Bertz CT molecular complexity index is 300. The number of phenolic OH excluding ortho intramolecular Hbond substituents is 1. The maximum Gasteiger partial charge on any atom is 0.115 e. The van der Waals surface area contributed by atoms with Gasteiger partial charge in [-0.2, -0.15) is 0 Å². The third-order valence-electron chi connectivity index (χ3n) is 2.10. The smallest absolute Gasteiger partial charge is 0.115 e. The van der Waals surface area contributed by atoms with Gasteiger partial charge in [-0.15, -0.1) is 0 Å². The van der Waals surface area contributed by atoms with Crippen LogP contribution in [0.1, 0.15) is 32.4 Å². The summed E-state index contributed by atoms with van der Waals surface area (Å²) in [6.07, 6.45) is -0.537. The fraction of sp³-hybridized carbons (Fsp3) is 0.500. The highest BCUT2D eigenvalue weighted by molar-refractivity contribution is 5.27. The Morgan fingerprint density at radius 3 is 2.20 bits per heavy atom. The van der Waals surface area contributed by atoms with E-state index in [1.165, 1.54) is 0 Å². The molecule has 0 bridgehead atoms. The van der Waals surface area contributed by atoms with Crippen molar-refractivity contribution in [2.45, 2.75) is 32.4 Å². The summed E-state index contributed by atoms with van der Waals surface area (Å²) in [5, 5.41) is 22.2. The molecule has 0 radical (unpaired) electrons. The lowest BCUT2D eigenvalue weighted by atomic mass is 10.1. The van der Waals surface area contributed by atoms with Crippen molar-refractivity contribution in [3.05, 3.63) is 29.8 Å². The molecule has 1 aromatic rings. The molecule has 1 rings (SSSR count). The fourth-order valence-corrected chi connectivity index (χ4v) is 1.22. The van der Waals surface area contributed by atoms with Crippen LogP contribution >= 0.6 is 0 Å². The molecular formula is C12H19NO2. The molecule has 0 saturated carbocycles. The number of aliphatic hydroxyl groups excluding tert-OH is 1. The highest BCUT2D eigenvalue weighted by Gasteiger charge is 2.13. The van der Waals surface area contributed by atoms with E-state index >= 15 is 0 Å². The van der Waals surface area contributed by atoms with Crippen LogP contribution < -0.4 is 5.32 Å². The Morgan fingerprint density at radius 2 is 1.73 bits per heavy atom. The van der Waals surface area contributed by atoms with Crippen LogP contribution in [0.25, 0.3) is 0 Å². The minimum atomic E-state index is -0.537. The number of phenols is 1. The van der Waals surface area contributed by atoms with E-state index in [4.69, 9.17) is 5.11 Å². The Labute approximate surface area is 90.8 Å². The average molecular weight is 209 g/mol. The van der Waals surface area contributed by atoms with Gasteiger partial charge in [-0.25, -0.2) is 0 Å². The van der Waals surface area contributed by atoms with E-state index in [0.29, 0.717) is 6.54 Å². The van der Waals surface area contributed by atoms with Crippen molar-refractivity contribution in [1.82, 2.24) is 5.32 Å². The van der Waals surface area contributed by atoms with Crippen LogP contribution in [0.4, 0.5) is 0 Å². The van der Waals surface area contributed by atoms with Crippen LogP contribution in [0.5, 0.6) is 5.75 Å². The van der Waals surface area contributed by atoms with Crippen molar-refractivity contribution in [3.63, 3.8) is 0 Å². The average Bonchev–Trinajstić information content (AvgIpc) is 2.14. The molecule has 3 nitrogen and oxygen atoms in total. The number of aliphatic hydroxyl groups is 1. The lowest BCUT2D eigenvalue weighted by Gasteiger charge is -2.23. The molecule has 0 aliphatic carbocycles. The van der Waals surface area contributed by atoms with Crippen molar-refractivity contribution in [2.75, 3.05) is 6.54 Å². The molecule has 15 heavy (non-hydrogen) atoms. The number of benzene rings is 1. The van der Waals surface area contributed by atoms with Crippen LogP contribution in [0.15, 0.2) is 24.3 Å². The zero-order valence-electron chi connectivity index (χ0n) is 9.49. The molecule has 84 valence electrons. The zero-order valence-corrected chi connectivity index (χ0v) is 9.49. The summed E-state index contributed by atoms with van der Waals surface area (Å²) in [6.45, 7) is 6.66. The van der Waals surface area contributed by atoms with Crippen LogP contribution in [0.2, 0.25) is 0 Å². The van der Waals surface area contributed by atoms with Gasteiger partial charge in [0.25, 0.3) is 0 Å². The third kappa shape index (κ3) is 4.32. The van der Waals surface area contributed by atoms with E-state index in [1.807, 2.05) is 0 Å². The van der Waals surface area contributed by atoms with E-state index < -0.39 is 6.10 Å². The maximum absolute atomic E-state index is 9.83. The number of hydrogen-bond donors (Lipinski definition) is 3. The molecule has 0 fully saturated rings. The van der Waals surface area contributed by atoms with E-state index in [-0.39, 0.29) is 11.3 Å². The molecule has 0 aliphatic heterocycles. The Kier molecular flexibility index (Phi) is 3.72. The zero-order chi connectivity index (χ0) is 11.5. The number of aromatic hydroxyl groups is 1. The predicted octanol–water partition coefficient (Wildman–Crippen LogP) is 1.81. The van der Waals surface area contributed by atoms with Crippen molar-refractivity contribution in [1.29, 1.82) is 0 Å². The van der Waals surface area contributed by atoms with Crippen molar-refractivity contribution < 1.29 is 10.2 Å². The molecule has 0 saturated heterocycles. The Morgan fingerprint density at radius 1 is 1.20 bits per heavy atom. The van der Waals surface area contributed by atoms with Crippen LogP contribution in [0.3, 0.4) is 0 Å². The first-order valence-corrected chi connectivity index (χ1v) is 5.10. The largest absolute Gasteiger partial charge is 0.508 e. The number of β-amino-alcohol motifs (C(OH)–C–C–N with tert-alkyl or cyclic N) is 1. The molecule has 0 aliphatic rings. The predicted molar refractivity (Wildman–Crippen MR) is 60.8 cm³/mol. The molecule has 0 amide bonds. The van der Waals surface area contributed by atoms with E-state index in [2.05, 4.69) is 26.1 Å². The minimum absolute atomic E-state index is 0.00208. The van der Waals surface area contributed by atoms with Gasteiger partial charge < -0.3 is 15.5 Å². The normalized spacial score (nSPS) is 13.9. The topological polar surface area (TPSA) is 52.5 Å². The van der Waals surface area contributed by atoms with Crippen molar-refractivity contribution in [2.24, 2.45) is 0 Å². The fourth-order valence-electron chi connectivity index (χ4n) is 1.22. The lowest BCUT2D eigenvalue weighted by molar-refractivity contribution is 0.163. The maximum atomic E-state index is 9.83. The van der Waals surface area contributed by atoms with E-state index in [0.717, 1.165) is 5.56 Å². The molecule has 0 spiro atoms. The van der Waals surface area contributed by atoms with Crippen LogP contribution in [0, 0.1) is 0 Å². The molecule has 3 N–H and O–H groups in total. The van der Waals surface area contributed by atoms with Gasteiger partial charge in [0.15, 0.2) is 0 Å². The molecular weight excluding hydrogens is 190 g/mol. The summed E-state index contributed by atoms with van der Waals surface area (Å²) < 4.78 is 0.